The first-order chi connectivity index (χ1) is 7.36. The summed E-state index contributed by atoms with van der Waals surface area (Å²) in [4.78, 5) is 8.57. The second-order valence-electron chi connectivity index (χ2n) is 3.32. The van der Waals surface area contributed by atoms with Gasteiger partial charge in [-0.2, -0.15) is 0 Å². The quantitative estimate of drug-likeness (QED) is 0.536. The van der Waals surface area contributed by atoms with E-state index in [2.05, 4.69) is 9.97 Å². The van der Waals surface area contributed by atoms with Crippen LogP contribution in [0.15, 0.2) is 42.7 Å². The number of benzene rings is 1. The van der Waals surface area contributed by atoms with Gasteiger partial charge in [-0.05, 0) is 24.3 Å². The Morgan fingerprint density at radius 3 is 2.60 bits per heavy atom. The lowest BCUT2D eigenvalue weighted by atomic mass is 10.1. The summed E-state index contributed by atoms with van der Waals surface area (Å²) in [6, 6.07) is 9.62. The predicted molar refractivity (Wildman–Crippen MR) is 62.1 cm³/mol. The van der Waals surface area contributed by atoms with Gasteiger partial charge in [-0.25, -0.2) is 0 Å². The molecular weight excluding hydrogens is 208 g/mol. The topological polar surface area (TPSA) is 25.8 Å². The molecule has 2 heterocycles. The van der Waals surface area contributed by atoms with Gasteiger partial charge in [0.2, 0.25) is 0 Å². The predicted octanol–water partition coefficient (Wildman–Crippen LogP) is 3.44. The van der Waals surface area contributed by atoms with Crippen LogP contribution in [0, 0.1) is 0 Å². The number of hydrogen-bond acceptors (Lipinski definition) is 2. The lowest BCUT2D eigenvalue weighted by Gasteiger charge is -2.03. The van der Waals surface area contributed by atoms with E-state index in [1.54, 1.807) is 18.5 Å². The molecule has 2 aromatic heterocycles. The molecule has 1 aromatic carbocycles. The van der Waals surface area contributed by atoms with E-state index in [-0.39, 0.29) is 0 Å². The first-order valence-corrected chi connectivity index (χ1v) is 5.02. The molecule has 0 aliphatic heterocycles. The molecule has 0 atom stereocenters. The average molecular weight is 215 g/mol. The molecule has 0 saturated heterocycles. The second-order valence-corrected chi connectivity index (χ2v) is 3.73. The number of hydrogen-bond donors (Lipinski definition) is 0. The molecule has 72 valence electrons. The van der Waals surface area contributed by atoms with Crippen LogP contribution >= 0.6 is 11.6 Å². The number of halogens is 1. The van der Waals surface area contributed by atoms with Crippen LogP contribution in [0.5, 0.6) is 0 Å². The molecule has 0 spiro atoms. The Hall–Kier alpha value is -1.67. The summed E-state index contributed by atoms with van der Waals surface area (Å²) in [5.74, 6) is 0. The van der Waals surface area contributed by atoms with Gasteiger partial charge in [-0.1, -0.05) is 17.7 Å². The second kappa shape index (κ2) is 3.17. The van der Waals surface area contributed by atoms with E-state index in [0.29, 0.717) is 0 Å². The maximum Gasteiger partial charge on any atom is 0.0724 e. The highest BCUT2D eigenvalue weighted by molar-refractivity contribution is 6.37. The minimum Gasteiger partial charge on any atom is -0.256 e. The summed E-state index contributed by atoms with van der Waals surface area (Å²) in [6.45, 7) is 0. The Kier molecular flexibility index (Phi) is 1.82. The van der Waals surface area contributed by atoms with Crippen LogP contribution < -0.4 is 0 Å². The van der Waals surface area contributed by atoms with Crippen LogP contribution in [-0.2, 0) is 0 Å². The fourth-order valence-corrected chi connectivity index (χ4v) is 2.02. The average Bonchev–Trinajstić information content (AvgIpc) is 2.29. The lowest BCUT2D eigenvalue weighted by molar-refractivity contribution is 1.39. The fraction of sp³-hybridized carbons (Fsp3) is 0. The summed E-state index contributed by atoms with van der Waals surface area (Å²) in [7, 11) is 0. The first kappa shape index (κ1) is 8.62. The summed E-state index contributed by atoms with van der Waals surface area (Å²) < 4.78 is 0. The Bertz CT molecular complexity index is 649. The Morgan fingerprint density at radius 1 is 0.867 bits per heavy atom. The van der Waals surface area contributed by atoms with Crippen molar-refractivity contribution in [3.8, 4) is 0 Å². The molecule has 0 saturated carbocycles. The molecule has 0 aliphatic carbocycles. The molecule has 2 nitrogen and oxygen atoms in total. The molecule has 0 fully saturated rings. The smallest absolute Gasteiger partial charge is 0.0724 e. The Labute approximate surface area is 91.5 Å². The molecule has 0 unspecified atom stereocenters. The van der Waals surface area contributed by atoms with Crippen molar-refractivity contribution in [3.05, 3.63) is 47.7 Å². The van der Waals surface area contributed by atoms with E-state index in [4.69, 9.17) is 11.6 Å². The van der Waals surface area contributed by atoms with Gasteiger partial charge in [0.25, 0.3) is 0 Å². The highest BCUT2D eigenvalue weighted by Crippen LogP contribution is 2.28. The number of aromatic nitrogens is 2. The molecule has 0 amide bonds. The van der Waals surface area contributed by atoms with Crippen LogP contribution in [0.4, 0.5) is 0 Å². The van der Waals surface area contributed by atoms with Crippen LogP contribution in [0.1, 0.15) is 0 Å². The summed E-state index contributed by atoms with van der Waals surface area (Å²) in [5, 5.41) is 2.75. The van der Waals surface area contributed by atoms with E-state index >= 15 is 0 Å². The molecule has 0 N–H and O–H groups in total. The minimum absolute atomic E-state index is 0.721. The molecular formula is C12H7ClN2. The third-order valence-electron chi connectivity index (χ3n) is 2.44. The maximum atomic E-state index is 6.17. The van der Waals surface area contributed by atoms with Crippen molar-refractivity contribution in [1.29, 1.82) is 0 Å². The van der Waals surface area contributed by atoms with Gasteiger partial charge in [-0.3, -0.25) is 9.97 Å². The third-order valence-corrected chi connectivity index (χ3v) is 2.75. The molecule has 3 heteroatoms. The van der Waals surface area contributed by atoms with Crippen LogP contribution in [0.3, 0.4) is 0 Å². The summed E-state index contributed by atoms with van der Waals surface area (Å²) in [6.07, 6.45) is 3.49. The van der Waals surface area contributed by atoms with E-state index in [1.165, 1.54) is 0 Å². The van der Waals surface area contributed by atoms with Gasteiger partial charge in [0.15, 0.2) is 0 Å². The molecule has 3 rings (SSSR count). The number of rotatable bonds is 0. The fourth-order valence-electron chi connectivity index (χ4n) is 1.77. The Balaban J connectivity index is 2.64. The van der Waals surface area contributed by atoms with Crippen molar-refractivity contribution in [1.82, 2.24) is 9.97 Å². The summed E-state index contributed by atoms with van der Waals surface area (Å²) in [5.41, 5.74) is 1.85. The minimum atomic E-state index is 0.721. The van der Waals surface area contributed by atoms with Gasteiger partial charge in [-0.15, -0.1) is 0 Å². The largest absolute Gasteiger partial charge is 0.256 e. The summed E-state index contributed by atoms with van der Waals surface area (Å²) >= 11 is 6.17. The monoisotopic (exact) mass is 214 g/mol. The normalized spacial score (nSPS) is 11.0. The SMILES string of the molecule is Clc1ccnc2ccc3ncccc3c12. The number of fused-ring (bicyclic) bond motifs is 3. The zero-order chi connectivity index (χ0) is 10.3. The van der Waals surface area contributed by atoms with Crippen molar-refractivity contribution in [3.63, 3.8) is 0 Å². The molecule has 15 heavy (non-hydrogen) atoms. The van der Waals surface area contributed by atoms with Crippen LogP contribution in [-0.4, -0.2) is 9.97 Å². The van der Waals surface area contributed by atoms with Gasteiger partial charge < -0.3 is 0 Å². The zero-order valence-corrected chi connectivity index (χ0v) is 8.57. The first-order valence-electron chi connectivity index (χ1n) is 4.64. The number of pyridine rings is 2. The van der Waals surface area contributed by atoms with Crippen molar-refractivity contribution in [2.75, 3.05) is 0 Å². The zero-order valence-electron chi connectivity index (χ0n) is 7.81. The van der Waals surface area contributed by atoms with Gasteiger partial charge in [0.05, 0.1) is 16.1 Å². The maximum absolute atomic E-state index is 6.17. The van der Waals surface area contributed by atoms with Crippen molar-refractivity contribution >= 4 is 33.4 Å². The highest BCUT2D eigenvalue weighted by Gasteiger charge is 2.04. The third kappa shape index (κ3) is 1.26. The van der Waals surface area contributed by atoms with Crippen molar-refractivity contribution in [2.24, 2.45) is 0 Å². The molecule has 0 radical (unpaired) electrons. The lowest BCUT2D eigenvalue weighted by Crippen LogP contribution is -1.83. The molecule has 0 bridgehead atoms. The van der Waals surface area contributed by atoms with E-state index in [0.717, 1.165) is 26.8 Å². The van der Waals surface area contributed by atoms with E-state index in [9.17, 15) is 0 Å². The standard InChI is InChI=1S/C12H7ClN2/c13-9-5-7-15-11-4-3-10-8(12(9)11)2-1-6-14-10/h1-7H. The van der Waals surface area contributed by atoms with Gasteiger partial charge in [0, 0.05) is 23.2 Å². The molecule has 3 aromatic rings. The molecule has 0 aliphatic rings. The van der Waals surface area contributed by atoms with Crippen molar-refractivity contribution < 1.29 is 0 Å². The van der Waals surface area contributed by atoms with E-state index in [1.807, 2.05) is 24.3 Å². The van der Waals surface area contributed by atoms with Gasteiger partial charge in [0.1, 0.15) is 0 Å². The van der Waals surface area contributed by atoms with Gasteiger partial charge >= 0.3 is 0 Å². The van der Waals surface area contributed by atoms with Crippen LogP contribution in [0.2, 0.25) is 5.02 Å². The van der Waals surface area contributed by atoms with Crippen LogP contribution in [0.25, 0.3) is 21.8 Å². The highest BCUT2D eigenvalue weighted by atomic mass is 35.5. The number of nitrogens with zero attached hydrogens (tertiary/aromatic N) is 2. The van der Waals surface area contributed by atoms with Crippen molar-refractivity contribution in [2.45, 2.75) is 0 Å². The van der Waals surface area contributed by atoms with E-state index < -0.39 is 0 Å². The Morgan fingerprint density at radius 2 is 1.67 bits per heavy atom.